The number of rotatable bonds is 4. The van der Waals surface area contributed by atoms with E-state index >= 15 is 0 Å². The first-order valence-corrected chi connectivity index (χ1v) is 7.11. The number of hydrogen-bond donors (Lipinski definition) is 1. The Morgan fingerprint density at radius 2 is 2.12 bits per heavy atom. The molecule has 0 aromatic rings. The van der Waals surface area contributed by atoms with Crippen molar-refractivity contribution in [3.05, 3.63) is 0 Å². The lowest BCUT2D eigenvalue weighted by atomic mass is 9.78. The van der Waals surface area contributed by atoms with Gasteiger partial charge in [0, 0.05) is 19.1 Å². The zero-order chi connectivity index (χ0) is 12.3. The van der Waals surface area contributed by atoms with Crippen molar-refractivity contribution in [2.24, 2.45) is 11.3 Å². The first-order chi connectivity index (χ1) is 8.13. The number of aliphatic hydroxyl groups excluding tert-OH is 1. The van der Waals surface area contributed by atoms with E-state index in [1.165, 1.54) is 19.3 Å². The van der Waals surface area contributed by atoms with Gasteiger partial charge in [-0.05, 0) is 37.8 Å². The minimum atomic E-state index is -0.191. The molecule has 1 N–H and O–H groups in total. The zero-order valence-corrected chi connectivity index (χ0v) is 11.3. The van der Waals surface area contributed by atoms with Gasteiger partial charge in [-0.3, -0.25) is 0 Å². The maximum atomic E-state index is 10.2. The van der Waals surface area contributed by atoms with Gasteiger partial charge in [-0.15, -0.1) is 0 Å². The fourth-order valence-corrected chi connectivity index (χ4v) is 2.90. The van der Waals surface area contributed by atoms with Crippen molar-refractivity contribution in [3.63, 3.8) is 0 Å². The fourth-order valence-electron chi connectivity index (χ4n) is 2.90. The molecule has 0 saturated carbocycles. The number of likely N-dealkylation sites (tertiary alicyclic amines) is 1. The third-order valence-corrected chi connectivity index (χ3v) is 4.87. The zero-order valence-electron chi connectivity index (χ0n) is 11.3. The molecule has 0 aliphatic carbocycles. The largest absolute Gasteiger partial charge is 0.391 e. The molecular weight excluding hydrogens is 214 g/mol. The lowest BCUT2D eigenvalue weighted by Gasteiger charge is -2.40. The Bertz CT molecular complexity index is 230. The predicted molar refractivity (Wildman–Crippen MR) is 69.0 cm³/mol. The summed E-state index contributed by atoms with van der Waals surface area (Å²) in [6, 6.07) is 0. The maximum Gasteiger partial charge on any atom is 0.0718 e. The standard InChI is InChI=1S/C14H27NO2/c1-3-14(2)5-7-15(8-6-14)10-13(16)12-4-9-17-11-12/h12-13,16H,3-11H2,1-2H3. The molecule has 2 fully saturated rings. The third kappa shape index (κ3) is 3.43. The van der Waals surface area contributed by atoms with E-state index in [4.69, 9.17) is 4.74 Å². The maximum absolute atomic E-state index is 10.2. The average molecular weight is 241 g/mol. The summed E-state index contributed by atoms with van der Waals surface area (Å²) >= 11 is 0. The molecule has 3 nitrogen and oxygen atoms in total. The molecule has 0 spiro atoms. The summed E-state index contributed by atoms with van der Waals surface area (Å²) in [7, 11) is 0. The summed E-state index contributed by atoms with van der Waals surface area (Å²) in [6.45, 7) is 9.40. The molecule has 100 valence electrons. The van der Waals surface area contributed by atoms with Crippen LogP contribution in [0.2, 0.25) is 0 Å². The molecule has 0 aromatic heterocycles. The van der Waals surface area contributed by atoms with Gasteiger partial charge in [-0.25, -0.2) is 0 Å². The third-order valence-electron chi connectivity index (χ3n) is 4.87. The second-order valence-corrected chi connectivity index (χ2v) is 6.16. The van der Waals surface area contributed by atoms with E-state index in [0.29, 0.717) is 11.3 Å². The first kappa shape index (κ1) is 13.3. The summed E-state index contributed by atoms with van der Waals surface area (Å²) in [5, 5.41) is 10.2. The van der Waals surface area contributed by atoms with Gasteiger partial charge in [0.1, 0.15) is 0 Å². The van der Waals surface area contributed by atoms with E-state index in [1.54, 1.807) is 0 Å². The minimum absolute atomic E-state index is 0.191. The van der Waals surface area contributed by atoms with Crippen LogP contribution in [0.5, 0.6) is 0 Å². The number of aliphatic hydroxyl groups is 1. The van der Waals surface area contributed by atoms with Crippen LogP contribution in [0.25, 0.3) is 0 Å². The van der Waals surface area contributed by atoms with Crippen LogP contribution >= 0.6 is 0 Å². The van der Waals surface area contributed by atoms with E-state index in [9.17, 15) is 5.11 Å². The molecule has 17 heavy (non-hydrogen) atoms. The lowest BCUT2D eigenvalue weighted by molar-refractivity contribution is 0.0307. The van der Waals surface area contributed by atoms with E-state index in [2.05, 4.69) is 18.7 Å². The summed E-state index contributed by atoms with van der Waals surface area (Å²) in [6.07, 6.45) is 4.67. The lowest BCUT2D eigenvalue weighted by Crippen LogP contribution is -2.43. The van der Waals surface area contributed by atoms with Crippen molar-refractivity contribution < 1.29 is 9.84 Å². The molecule has 0 bridgehead atoms. The highest BCUT2D eigenvalue weighted by Crippen LogP contribution is 2.34. The van der Waals surface area contributed by atoms with Crippen LogP contribution in [0.4, 0.5) is 0 Å². The summed E-state index contributed by atoms with van der Waals surface area (Å²) in [4.78, 5) is 2.43. The molecule has 2 unspecified atom stereocenters. The highest BCUT2D eigenvalue weighted by molar-refractivity contribution is 4.83. The van der Waals surface area contributed by atoms with Gasteiger partial charge in [-0.1, -0.05) is 20.3 Å². The molecule has 0 aromatic carbocycles. The van der Waals surface area contributed by atoms with E-state index in [-0.39, 0.29) is 6.10 Å². The van der Waals surface area contributed by atoms with Crippen LogP contribution in [0.15, 0.2) is 0 Å². The van der Waals surface area contributed by atoms with Crippen LogP contribution < -0.4 is 0 Å². The van der Waals surface area contributed by atoms with Gasteiger partial charge < -0.3 is 14.7 Å². The fraction of sp³-hybridized carbons (Fsp3) is 1.00. The number of piperidine rings is 1. The molecule has 2 rings (SSSR count). The number of β-amino-alcohol motifs (C(OH)–C–C–N with tert-alkyl or cyclic N) is 1. The Labute approximate surface area is 105 Å². The van der Waals surface area contributed by atoms with E-state index in [0.717, 1.165) is 39.3 Å². The number of ether oxygens (including phenoxy) is 1. The average Bonchev–Trinajstić information content (AvgIpc) is 2.86. The summed E-state index contributed by atoms with van der Waals surface area (Å²) in [5.41, 5.74) is 0.540. The van der Waals surface area contributed by atoms with Gasteiger partial charge in [0.25, 0.3) is 0 Å². The van der Waals surface area contributed by atoms with Crippen LogP contribution in [-0.2, 0) is 4.74 Å². The second kappa shape index (κ2) is 5.68. The monoisotopic (exact) mass is 241 g/mol. The van der Waals surface area contributed by atoms with Crippen LogP contribution in [0.1, 0.15) is 39.5 Å². The predicted octanol–water partition coefficient (Wildman–Crippen LogP) is 1.90. The SMILES string of the molecule is CCC1(C)CCN(CC(O)C2CCOC2)CC1. The Kier molecular flexibility index (Phi) is 4.45. The van der Waals surface area contributed by atoms with E-state index in [1.807, 2.05) is 0 Å². The Morgan fingerprint density at radius 1 is 1.41 bits per heavy atom. The van der Waals surface area contributed by atoms with Crippen molar-refractivity contribution in [2.45, 2.75) is 45.6 Å². The van der Waals surface area contributed by atoms with Crippen molar-refractivity contribution in [2.75, 3.05) is 32.8 Å². The Balaban J connectivity index is 1.73. The minimum Gasteiger partial charge on any atom is -0.391 e. The highest BCUT2D eigenvalue weighted by Gasteiger charge is 2.31. The Hall–Kier alpha value is -0.120. The topological polar surface area (TPSA) is 32.7 Å². The van der Waals surface area contributed by atoms with Crippen molar-refractivity contribution in [1.29, 1.82) is 0 Å². The van der Waals surface area contributed by atoms with Crippen LogP contribution in [-0.4, -0.2) is 49.0 Å². The normalized spacial score (nSPS) is 31.6. The molecule has 3 heteroatoms. The van der Waals surface area contributed by atoms with Gasteiger partial charge in [-0.2, -0.15) is 0 Å². The Morgan fingerprint density at radius 3 is 2.65 bits per heavy atom. The van der Waals surface area contributed by atoms with Crippen molar-refractivity contribution >= 4 is 0 Å². The molecule has 2 heterocycles. The molecule has 2 aliphatic heterocycles. The molecule has 0 radical (unpaired) electrons. The van der Waals surface area contributed by atoms with Crippen molar-refractivity contribution in [1.82, 2.24) is 4.90 Å². The van der Waals surface area contributed by atoms with Crippen LogP contribution in [0, 0.1) is 11.3 Å². The van der Waals surface area contributed by atoms with Gasteiger partial charge in [0.05, 0.1) is 12.7 Å². The molecular formula is C14H27NO2. The van der Waals surface area contributed by atoms with Gasteiger partial charge in [0.2, 0.25) is 0 Å². The summed E-state index contributed by atoms with van der Waals surface area (Å²) in [5.74, 6) is 0.370. The smallest absolute Gasteiger partial charge is 0.0718 e. The summed E-state index contributed by atoms with van der Waals surface area (Å²) < 4.78 is 5.34. The molecule has 2 aliphatic rings. The molecule has 0 amide bonds. The number of nitrogens with zero attached hydrogens (tertiary/aromatic N) is 1. The molecule has 2 saturated heterocycles. The highest BCUT2D eigenvalue weighted by atomic mass is 16.5. The van der Waals surface area contributed by atoms with Crippen LogP contribution in [0.3, 0.4) is 0 Å². The van der Waals surface area contributed by atoms with Gasteiger partial charge >= 0.3 is 0 Å². The van der Waals surface area contributed by atoms with Crippen molar-refractivity contribution in [3.8, 4) is 0 Å². The second-order valence-electron chi connectivity index (χ2n) is 6.16. The number of hydrogen-bond acceptors (Lipinski definition) is 3. The first-order valence-electron chi connectivity index (χ1n) is 7.11. The molecule has 2 atom stereocenters. The quantitative estimate of drug-likeness (QED) is 0.816. The van der Waals surface area contributed by atoms with E-state index < -0.39 is 0 Å². The van der Waals surface area contributed by atoms with Gasteiger partial charge in [0.15, 0.2) is 0 Å².